The first-order valence-corrected chi connectivity index (χ1v) is 6.11. The minimum atomic E-state index is 0.601. The first-order valence-electron chi connectivity index (χ1n) is 6.11. The van der Waals surface area contributed by atoms with Gasteiger partial charge < -0.3 is 15.0 Å². The van der Waals surface area contributed by atoms with Gasteiger partial charge in [-0.15, -0.1) is 0 Å². The van der Waals surface area contributed by atoms with E-state index in [1.807, 2.05) is 4.57 Å². The molecule has 4 heteroatoms. The summed E-state index contributed by atoms with van der Waals surface area (Å²) in [7, 11) is 1.66. The van der Waals surface area contributed by atoms with Crippen LogP contribution in [-0.4, -0.2) is 18.3 Å². The van der Waals surface area contributed by atoms with Crippen LogP contribution in [0.3, 0.4) is 0 Å². The fourth-order valence-corrected chi connectivity index (χ4v) is 1.96. The number of nitrogen functional groups attached to an aromatic ring is 1. The van der Waals surface area contributed by atoms with Crippen molar-refractivity contribution in [1.29, 1.82) is 5.26 Å². The number of methoxy groups -OCH3 is 1. The van der Waals surface area contributed by atoms with E-state index in [4.69, 9.17) is 15.7 Å². The summed E-state index contributed by atoms with van der Waals surface area (Å²) in [6, 6.07) is 3.94. The second-order valence-electron chi connectivity index (χ2n) is 4.14. The van der Waals surface area contributed by atoms with Gasteiger partial charge in [0.25, 0.3) is 0 Å². The van der Waals surface area contributed by atoms with Gasteiger partial charge in [-0.05, 0) is 18.9 Å². The van der Waals surface area contributed by atoms with Gasteiger partial charge in [0, 0.05) is 19.3 Å². The van der Waals surface area contributed by atoms with Crippen molar-refractivity contribution in [1.82, 2.24) is 4.57 Å². The zero-order valence-corrected chi connectivity index (χ0v) is 10.7. The van der Waals surface area contributed by atoms with Crippen LogP contribution in [0.1, 0.15) is 37.6 Å². The Balaban J connectivity index is 2.84. The maximum atomic E-state index is 9.06. The highest BCUT2D eigenvalue weighted by Crippen LogP contribution is 2.20. The predicted octanol–water partition coefficient (Wildman–Crippen LogP) is 2.32. The fraction of sp³-hybridized carbons (Fsp3) is 0.615. The van der Waals surface area contributed by atoms with E-state index in [0.717, 1.165) is 24.2 Å². The van der Waals surface area contributed by atoms with Crippen LogP contribution >= 0.6 is 0 Å². The first kappa shape index (κ1) is 13.6. The van der Waals surface area contributed by atoms with Crippen LogP contribution in [0.25, 0.3) is 0 Å². The number of aromatic nitrogens is 1. The van der Waals surface area contributed by atoms with Gasteiger partial charge in [-0.2, -0.15) is 5.26 Å². The van der Waals surface area contributed by atoms with Crippen LogP contribution in [0.5, 0.6) is 0 Å². The Morgan fingerprint density at radius 1 is 1.47 bits per heavy atom. The Labute approximate surface area is 103 Å². The lowest BCUT2D eigenvalue weighted by molar-refractivity contribution is 0.186. The smallest absolute Gasteiger partial charge is 0.122 e. The number of rotatable bonds is 7. The standard InChI is InChI=1S/C13H21N3O/c1-3-4-5-6-13-12(15)9-11(10-14)16(13)7-8-17-2/h9H,3-8,15H2,1-2H3. The fourth-order valence-electron chi connectivity index (χ4n) is 1.96. The molecule has 0 aromatic carbocycles. The molecule has 0 aliphatic carbocycles. The zero-order valence-electron chi connectivity index (χ0n) is 10.7. The predicted molar refractivity (Wildman–Crippen MR) is 68.7 cm³/mol. The van der Waals surface area contributed by atoms with Crippen molar-refractivity contribution in [3.05, 3.63) is 17.5 Å². The molecule has 94 valence electrons. The number of nitrogens with zero attached hydrogens (tertiary/aromatic N) is 2. The molecule has 0 amide bonds. The molecule has 0 unspecified atom stereocenters. The molecule has 0 bridgehead atoms. The Kier molecular flexibility index (Phi) is 5.58. The van der Waals surface area contributed by atoms with E-state index < -0.39 is 0 Å². The Hall–Kier alpha value is -1.47. The molecular formula is C13H21N3O. The normalized spacial score (nSPS) is 10.4. The molecule has 0 saturated heterocycles. The molecule has 4 nitrogen and oxygen atoms in total. The summed E-state index contributed by atoms with van der Waals surface area (Å²) in [6.45, 7) is 3.47. The summed E-state index contributed by atoms with van der Waals surface area (Å²) in [5.41, 5.74) is 8.40. The number of hydrogen-bond donors (Lipinski definition) is 1. The quantitative estimate of drug-likeness (QED) is 0.738. The molecule has 0 saturated carbocycles. The minimum Gasteiger partial charge on any atom is -0.397 e. The van der Waals surface area contributed by atoms with Crippen LogP contribution in [0.15, 0.2) is 6.07 Å². The highest BCUT2D eigenvalue weighted by Gasteiger charge is 2.12. The van der Waals surface area contributed by atoms with Gasteiger partial charge >= 0.3 is 0 Å². The number of unbranched alkanes of at least 4 members (excludes halogenated alkanes) is 2. The molecule has 1 aromatic heterocycles. The summed E-state index contributed by atoms with van der Waals surface area (Å²) in [5, 5.41) is 9.06. The van der Waals surface area contributed by atoms with Gasteiger partial charge in [-0.25, -0.2) is 0 Å². The van der Waals surface area contributed by atoms with Gasteiger partial charge in [0.2, 0.25) is 0 Å². The first-order chi connectivity index (χ1) is 8.24. The Morgan fingerprint density at radius 3 is 2.82 bits per heavy atom. The third kappa shape index (κ3) is 3.50. The molecule has 0 atom stereocenters. The van der Waals surface area contributed by atoms with Crippen LogP contribution in [0.4, 0.5) is 5.69 Å². The number of hydrogen-bond acceptors (Lipinski definition) is 3. The van der Waals surface area contributed by atoms with E-state index in [1.165, 1.54) is 12.8 Å². The molecule has 1 aromatic rings. The summed E-state index contributed by atoms with van der Waals surface area (Å²) in [6.07, 6.45) is 4.42. The summed E-state index contributed by atoms with van der Waals surface area (Å²) in [5.74, 6) is 0. The maximum Gasteiger partial charge on any atom is 0.122 e. The van der Waals surface area contributed by atoms with Crippen molar-refractivity contribution in [2.24, 2.45) is 0 Å². The molecule has 0 aliphatic rings. The number of nitrogens with two attached hydrogens (primary N) is 1. The highest BCUT2D eigenvalue weighted by molar-refractivity contribution is 5.50. The molecular weight excluding hydrogens is 214 g/mol. The van der Waals surface area contributed by atoms with Gasteiger partial charge in [-0.3, -0.25) is 0 Å². The third-order valence-electron chi connectivity index (χ3n) is 2.89. The lowest BCUT2D eigenvalue weighted by Crippen LogP contribution is -2.10. The van der Waals surface area contributed by atoms with Gasteiger partial charge in [0.05, 0.1) is 12.3 Å². The molecule has 1 rings (SSSR count). The zero-order chi connectivity index (χ0) is 12.7. The number of nitriles is 1. The Morgan fingerprint density at radius 2 is 2.24 bits per heavy atom. The third-order valence-corrected chi connectivity index (χ3v) is 2.89. The molecule has 0 spiro atoms. The molecule has 0 radical (unpaired) electrons. The van der Waals surface area contributed by atoms with Crippen molar-refractivity contribution >= 4 is 5.69 Å². The van der Waals surface area contributed by atoms with E-state index in [1.54, 1.807) is 13.2 Å². The van der Waals surface area contributed by atoms with Crippen molar-refractivity contribution in [2.45, 2.75) is 39.2 Å². The molecule has 17 heavy (non-hydrogen) atoms. The Bertz CT molecular complexity index is 390. The largest absolute Gasteiger partial charge is 0.397 e. The van der Waals surface area contributed by atoms with E-state index in [9.17, 15) is 0 Å². The van der Waals surface area contributed by atoms with Gasteiger partial charge in [0.1, 0.15) is 11.8 Å². The average molecular weight is 235 g/mol. The monoisotopic (exact) mass is 235 g/mol. The van der Waals surface area contributed by atoms with Crippen LogP contribution in [0, 0.1) is 11.3 Å². The van der Waals surface area contributed by atoms with Gasteiger partial charge in [-0.1, -0.05) is 19.8 Å². The van der Waals surface area contributed by atoms with Gasteiger partial charge in [0.15, 0.2) is 0 Å². The van der Waals surface area contributed by atoms with Crippen LogP contribution in [0.2, 0.25) is 0 Å². The maximum absolute atomic E-state index is 9.06. The molecule has 1 heterocycles. The SMILES string of the molecule is CCCCCc1c(N)cc(C#N)n1CCOC. The van der Waals surface area contributed by atoms with Crippen molar-refractivity contribution in [3.63, 3.8) is 0 Å². The van der Waals surface area contributed by atoms with E-state index in [0.29, 0.717) is 18.8 Å². The van der Waals surface area contributed by atoms with E-state index in [2.05, 4.69) is 13.0 Å². The summed E-state index contributed by atoms with van der Waals surface area (Å²) < 4.78 is 7.04. The lowest BCUT2D eigenvalue weighted by atomic mass is 10.1. The summed E-state index contributed by atoms with van der Waals surface area (Å²) in [4.78, 5) is 0. The molecule has 0 aliphatic heterocycles. The van der Waals surface area contributed by atoms with E-state index in [-0.39, 0.29) is 0 Å². The summed E-state index contributed by atoms with van der Waals surface area (Å²) >= 11 is 0. The molecule has 2 N–H and O–H groups in total. The number of ether oxygens (including phenoxy) is 1. The second kappa shape index (κ2) is 6.97. The highest BCUT2D eigenvalue weighted by atomic mass is 16.5. The lowest BCUT2D eigenvalue weighted by Gasteiger charge is -2.10. The minimum absolute atomic E-state index is 0.601. The van der Waals surface area contributed by atoms with E-state index >= 15 is 0 Å². The van der Waals surface area contributed by atoms with Crippen LogP contribution < -0.4 is 5.73 Å². The van der Waals surface area contributed by atoms with Crippen molar-refractivity contribution < 1.29 is 4.74 Å². The average Bonchev–Trinajstić information content (AvgIpc) is 2.63. The van der Waals surface area contributed by atoms with Crippen molar-refractivity contribution in [3.8, 4) is 6.07 Å². The number of anilines is 1. The van der Waals surface area contributed by atoms with Crippen molar-refractivity contribution in [2.75, 3.05) is 19.5 Å². The topological polar surface area (TPSA) is 64.0 Å². The molecule has 0 fully saturated rings. The van der Waals surface area contributed by atoms with Crippen LogP contribution in [-0.2, 0) is 17.7 Å². The second-order valence-corrected chi connectivity index (χ2v) is 4.14.